The molecule has 0 aliphatic carbocycles. The molecule has 6 heteroatoms. The molecule has 0 N–H and O–H groups in total. The fraction of sp³-hybridized carbons (Fsp3) is 0.585. The maximum absolute atomic E-state index is 7.52. The third kappa shape index (κ3) is 49.8. The summed E-state index contributed by atoms with van der Waals surface area (Å²) >= 11 is 0. The van der Waals surface area contributed by atoms with Crippen LogP contribution in [0, 0.1) is 49.4 Å². The Morgan fingerprint density at radius 3 is 0.602 bits per heavy atom. The summed E-state index contributed by atoms with van der Waals surface area (Å²) < 4.78 is 0. The molecule has 0 aliphatic heterocycles. The minimum absolute atomic E-state index is 0. The van der Waals surface area contributed by atoms with Gasteiger partial charge >= 0.3 is 106 Å². The van der Waals surface area contributed by atoms with Crippen LogP contribution in [0.25, 0.3) is 21.5 Å². The van der Waals surface area contributed by atoms with E-state index in [1.165, 1.54) is 154 Å². The van der Waals surface area contributed by atoms with Crippen molar-refractivity contribution in [2.75, 3.05) is 73.9 Å². The second kappa shape index (κ2) is 71.0. The predicted octanol–water partition coefficient (Wildman–Crippen LogP) is 25.5. The minimum atomic E-state index is 0. The molecule has 0 atom stereocenters. The van der Waals surface area contributed by atoms with Crippen LogP contribution in [-0.4, -0.2) is 73.9 Å². The van der Waals surface area contributed by atoms with Crippen molar-refractivity contribution in [2.45, 2.75) is 237 Å². The van der Waals surface area contributed by atoms with Crippen LogP contribution in [0.5, 0.6) is 0 Å². The van der Waals surface area contributed by atoms with E-state index in [1.807, 2.05) is 109 Å². The predicted molar refractivity (Wildman–Crippen MR) is 410 cm³/mol. The van der Waals surface area contributed by atoms with Gasteiger partial charge in [-0.15, -0.1) is 0 Å². The van der Waals surface area contributed by atoms with Gasteiger partial charge in [0.25, 0.3) is 0 Å². The molecule has 0 fully saturated rings. The van der Waals surface area contributed by atoms with Crippen LogP contribution in [0.4, 0.5) is 0 Å². The summed E-state index contributed by atoms with van der Waals surface area (Å²) in [5.74, 6) is 9.60. The van der Waals surface area contributed by atoms with Crippen LogP contribution >= 0.6 is 31.7 Å². The normalized spacial score (nSPS) is 10.1. The van der Waals surface area contributed by atoms with Gasteiger partial charge in [-0.05, 0) is 114 Å². The van der Waals surface area contributed by atoms with E-state index < -0.39 is 0 Å². The van der Waals surface area contributed by atoms with Crippen molar-refractivity contribution in [3.63, 3.8) is 0 Å². The van der Waals surface area contributed by atoms with Crippen LogP contribution in [0.15, 0.2) is 109 Å². The van der Waals surface area contributed by atoms with E-state index in [0.717, 1.165) is 43.8 Å². The Hall–Kier alpha value is -1.82. The van der Waals surface area contributed by atoms with Gasteiger partial charge in [0.15, 0.2) is 0 Å². The Labute approximate surface area is 582 Å². The van der Waals surface area contributed by atoms with Crippen LogP contribution in [0.3, 0.4) is 0 Å². The van der Waals surface area contributed by atoms with Crippen LogP contribution < -0.4 is 0 Å². The van der Waals surface area contributed by atoms with Gasteiger partial charge in [0.05, 0.1) is 73.9 Å². The number of rotatable bonds is 36. The minimum Gasteiger partial charge on any atom is -0.0622 e. The molecular weight excluding hydrogens is 1500 g/mol. The molecule has 0 heterocycles. The molecule has 0 spiro atoms. The van der Waals surface area contributed by atoms with Crippen molar-refractivity contribution in [3.8, 4) is 23.7 Å². The monoisotopic (exact) mass is 1630 g/mol. The van der Waals surface area contributed by atoms with Gasteiger partial charge in [0.2, 0.25) is 0 Å². The molecule has 0 bridgehead atoms. The molecule has 2 radical (unpaired) electrons. The van der Waals surface area contributed by atoms with Gasteiger partial charge < -0.3 is 0 Å². The Morgan fingerprint density at radius 2 is 0.466 bits per heavy atom. The van der Waals surface area contributed by atoms with Crippen molar-refractivity contribution in [2.24, 2.45) is 0 Å². The quantitative estimate of drug-likeness (QED) is 0.0162. The molecule has 5 rings (SSSR count). The first-order valence-corrected chi connectivity index (χ1v) is 43.7. The van der Waals surface area contributed by atoms with Crippen molar-refractivity contribution in [3.05, 3.63) is 157 Å². The first-order valence-electron chi connectivity index (χ1n) is 35.2. The largest absolute Gasteiger partial charge is 0.0622 e. The van der Waals surface area contributed by atoms with Gasteiger partial charge in [0.1, 0.15) is 0 Å². The Balaban J connectivity index is -0.000000473. The average molecular weight is 1630 g/mol. The van der Waals surface area contributed by atoms with E-state index in [0.29, 0.717) is 0 Å². The third-order valence-electron chi connectivity index (χ3n) is 15.6. The van der Waals surface area contributed by atoms with Gasteiger partial charge in [0, 0.05) is 84.9 Å². The molecule has 5 aromatic rings. The smallest absolute Gasteiger partial charge is 0.0255 e. The van der Waals surface area contributed by atoms with Crippen LogP contribution in [0.2, 0.25) is 0 Å². The molecule has 0 aliphatic rings. The molecule has 0 saturated carbocycles. The van der Waals surface area contributed by atoms with E-state index in [2.05, 4.69) is 107 Å². The summed E-state index contributed by atoms with van der Waals surface area (Å²) in [6.45, 7) is 27.8. The summed E-state index contributed by atoms with van der Waals surface area (Å²) in [5, 5.41) is 3.78. The second-order valence-electron chi connectivity index (χ2n) is 23.3. The molecule has 0 amide bonds. The average Bonchev–Trinajstić information content (AvgIpc) is 1.73. The van der Waals surface area contributed by atoms with Crippen molar-refractivity contribution < 1.29 is 42.1 Å². The molecular formula is C82H130P4Pt2+4. The van der Waals surface area contributed by atoms with Gasteiger partial charge in [-0.25, -0.2) is 0 Å². The number of hydrogen-bond donors (Lipinski definition) is 0. The summed E-state index contributed by atoms with van der Waals surface area (Å²) in [4.78, 5) is 0. The summed E-state index contributed by atoms with van der Waals surface area (Å²) in [6, 6.07) is 34.3. The first-order chi connectivity index (χ1) is 42.1. The number of fused-ring (bicyclic) bond motifs is 2. The van der Waals surface area contributed by atoms with E-state index in [1.54, 1.807) is 73.9 Å². The number of unbranched alkanes of at least 4 members (excludes halogenated alkanes) is 12. The standard InChI is InChI=1S/C18H8.4C12H27P.2C8H5.2Pt/c1-3-13-15-9-5-7-11-17(15)14(4-2)18-12-8-6-10-16(13)18;4*1-4-7-10-13(11-8-5-2)12-9-6-3;2*1-2-8-6-4-3-5-7-8;;/h5-12H;4*4-12H2,1-3H3;2*3-7H;;/p+4. The van der Waals surface area contributed by atoms with Crippen molar-refractivity contribution >= 4 is 53.2 Å². The van der Waals surface area contributed by atoms with E-state index >= 15 is 0 Å². The zero-order chi connectivity index (χ0) is 63.9. The zero-order valence-corrected chi connectivity index (χ0v) is 67.0. The second-order valence-corrected chi connectivity index (χ2v) is 35.3. The number of hydrogen-bond acceptors (Lipinski definition) is 0. The number of benzene rings is 5. The topological polar surface area (TPSA) is 0 Å². The SMILES string of the molecule is CCCC[PH+](CCCC)CCCC.CCCC[PH+](CCCC)CCCC.CCCC[PH+](CCCC)CCCC.CCCC[PH+](CCCC)CCCC.[C+]#Cc1c2ccccc2c(C#[C-])c2ccccc12.[C]#Cc1ccccc1.[C]#Cc1ccccc1.[Pt].[Pt]. The Kier molecular flexibility index (Phi) is 74.7. The van der Waals surface area contributed by atoms with Crippen LogP contribution in [0.1, 0.15) is 259 Å². The van der Waals surface area contributed by atoms with E-state index in [-0.39, 0.29) is 73.8 Å². The van der Waals surface area contributed by atoms with Gasteiger partial charge in [-0.2, -0.15) is 0 Å². The van der Waals surface area contributed by atoms with E-state index in [4.69, 9.17) is 25.7 Å². The van der Waals surface area contributed by atoms with Gasteiger partial charge in [-0.3, -0.25) is 0 Å². The van der Waals surface area contributed by atoms with Crippen molar-refractivity contribution in [1.29, 1.82) is 0 Å². The fourth-order valence-electron chi connectivity index (χ4n) is 10.1. The van der Waals surface area contributed by atoms with Crippen molar-refractivity contribution in [1.82, 2.24) is 0 Å². The third-order valence-corrected chi connectivity index (χ3v) is 28.4. The zero-order valence-electron chi connectivity index (χ0n) is 58.5. The Morgan fingerprint density at radius 1 is 0.295 bits per heavy atom. The molecule has 0 nitrogen and oxygen atoms in total. The molecule has 88 heavy (non-hydrogen) atoms. The molecule has 0 unspecified atom stereocenters. The summed E-state index contributed by atoms with van der Waals surface area (Å²) in [7, 11) is 0.270. The maximum Gasteiger partial charge on any atom is 0.0255 e. The molecule has 0 saturated heterocycles. The summed E-state index contributed by atoms with van der Waals surface area (Å²) in [5.41, 5.74) is 3.21. The van der Waals surface area contributed by atoms with Gasteiger partial charge in [-0.1, -0.05) is 208 Å². The summed E-state index contributed by atoms with van der Waals surface area (Å²) in [6.07, 6.45) is 82.0. The van der Waals surface area contributed by atoms with Crippen LogP contribution in [-0.2, 0) is 42.1 Å². The maximum atomic E-state index is 7.52. The molecule has 5 aromatic carbocycles. The molecule has 0 aromatic heterocycles. The van der Waals surface area contributed by atoms with E-state index in [9.17, 15) is 0 Å². The molecule has 494 valence electrons. The Bertz CT molecular complexity index is 2080. The first kappa shape index (κ1) is 92.6. The fourth-order valence-corrected chi connectivity index (χ4v) is 23.3.